The average Bonchev–Trinajstić information content (AvgIpc) is 2.34. The van der Waals surface area contributed by atoms with E-state index in [1.165, 1.54) is 0 Å². The number of carboxylic acids is 1. The van der Waals surface area contributed by atoms with E-state index in [1.54, 1.807) is 30.3 Å². The van der Waals surface area contributed by atoms with E-state index < -0.39 is 28.8 Å². The van der Waals surface area contributed by atoms with Crippen LogP contribution in [0.15, 0.2) is 36.4 Å². The van der Waals surface area contributed by atoms with E-state index in [0.717, 1.165) is 6.07 Å². The first-order valence-electron chi connectivity index (χ1n) is 5.09. The third-order valence-corrected chi connectivity index (χ3v) is 2.55. The van der Waals surface area contributed by atoms with E-state index in [2.05, 4.69) is 0 Å². The van der Waals surface area contributed by atoms with Gasteiger partial charge in [0, 0.05) is 5.56 Å². The summed E-state index contributed by atoms with van der Waals surface area (Å²) >= 11 is 0. The van der Waals surface area contributed by atoms with Gasteiger partial charge in [0.25, 0.3) is 0 Å². The van der Waals surface area contributed by atoms with Gasteiger partial charge in [0.15, 0.2) is 11.5 Å². The first-order chi connectivity index (χ1) is 8.52. The molecule has 18 heavy (non-hydrogen) atoms. The van der Waals surface area contributed by atoms with E-state index in [1.807, 2.05) is 0 Å². The summed E-state index contributed by atoms with van der Waals surface area (Å²) in [5.74, 6) is -3.54. The molecule has 0 unspecified atom stereocenters. The fourth-order valence-corrected chi connectivity index (χ4v) is 1.69. The average molecular weight is 246 g/mol. The van der Waals surface area contributed by atoms with E-state index in [0.29, 0.717) is 5.56 Å². The smallest absolute Gasteiger partial charge is 0.343 e. The van der Waals surface area contributed by atoms with E-state index in [9.17, 15) is 20.1 Å². The molecule has 0 bridgehead atoms. The number of hydrogen-bond acceptors (Lipinski definition) is 4. The Balaban J connectivity index is 2.75. The second-order valence-electron chi connectivity index (χ2n) is 3.69. The predicted molar refractivity (Wildman–Crippen MR) is 63.8 cm³/mol. The van der Waals surface area contributed by atoms with Crippen LogP contribution in [0, 0.1) is 0 Å². The molecule has 0 aromatic heterocycles. The lowest BCUT2D eigenvalue weighted by Crippen LogP contribution is -1.99. The number of rotatable bonds is 2. The highest BCUT2D eigenvalue weighted by Crippen LogP contribution is 2.42. The van der Waals surface area contributed by atoms with Crippen molar-refractivity contribution in [3.8, 4) is 28.4 Å². The summed E-state index contributed by atoms with van der Waals surface area (Å²) in [7, 11) is 0. The van der Waals surface area contributed by atoms with Crippen LogP contribution in [0.4, 0.5) is 0 Å². The molecular weight excluding hydrogens is 236 g/mol. The molecule has 92 valence electrons. The van der Waals surface area contributed by atoms with E-state index in [-0.39, 0.29) is 5.56 Å². The number of aromatic hydroxyl groups is 3. The molecule has 0 fully saturated rings. The van der Waals surface area contributed by atoms with E-state index in [4.69, 9.17) is 5.11 Å². The number of aromatic carboxylic acids is 1. The summed E-state index contributed by atoms with van der Waals surface area (Å²) in [5.41, 5.74) is -0.0371. The highest BCUT2D eigenvalue weighted by Gasteiger charge is 2.23. The van der Waals surface area contributed by atoms with Crippen LogP contribution in [-0.4, -0.2) is 26.4 Å². The molecule has 0 aliphatic rings. The molecule has 0 saturated heterocycles. The van der Waals surface area contributed by atoms with Gasteiger partial charge < -0.3 is 20.4 Å². The van der Waals surface area contributed by atoms with Gasteiger partial charge in [-0.1, -0.05) is 30.3 Å². The standard InChI is InChI=1S/C13H10O5/c14-9-6-8(7-4-2-1-3-5-7)11(15)10(12(9)16)13(17)18/h1-6,14-16H,(H,17,18). The molecule has 4 N–H and O–H groups in total. The zero-order valence-electron chi connectivity index (χ0n) is 9.16. The Morgan fingerprint density at radius 1 is 0.944 bits per heavy atom. The van der Waals surface area contributed by atoms with Crippen LogP contribution < -0.4 is 0 Å². The van der Waals surface area contributed by atoms with Crippen LogP contribution in [0.1, 0.15) is 10.4 Å². The third kappa shape index (κ3) is 1.82. The largest absolute Gasteiger partial charge is 0.506 e. The fourth-order valence-electron chi connectivity index (χ4n) is 1.69. The third-order valence-electron chi connectivity index (χ3n) is 2.55. The first kappa shape index (κ1) is 11.8. The van der Waals surface area contributed by atoms with Crippen LogP contribution >= 0.6 is 0 Å². The Labute approximate surface area is 102 Å². The molecule has 0 atom stereocenters. The van der Waals surface area contributed by atoms with Gasteiger partial charge in [-0.3, -0.25) is 0 Å². The molecule has 0 spiro atoms. The van der Waals surface area contributed by atoms with Gasteiger partial charge in [0.05, 0.1) is 0 Å². The maximum absolute atomic E-state index is 10.9. The van der Waals surface area contributed by atoms with Gasteiger partial charge in [0.1, 0.15) is 11.3 Å². The minimum absolute atomic E-state index is 0.142. The highest BCUT2D eigenvalue weighted by molar-refractivity contribution is 5.98. The van der Waals surface area contributed by atoms with Crippen molar-refractivity contribution in [1.29, 1.82) is 0 Å². The summed E-state index contributed by atoms with van der Waals surface area (Å²) in [4.78, 5) is 10.9. The lowest BCUT2D eigenvalue weighted by atomic mass is 10.00. The molecule has 0 aliphatic carbocycles. The summed E-state index contributed by atoms with van der Waals surface area (Å²) in [6, 6.07) is 9.60. The number of carbonyl (C=O) groups is 1. The Bertz CT molecular complexity index is 605. The van der Waals surface area contributed by atoms with Crippen molar-refractivity contribution < 1.29 is 25.2 Å². The maximum atomic E-state index is 10.9. The normalized spacial score (nSPS) is 10.2. The Kier molecular flexibility index (Phi) is 2.81. The number of carboxylic acid groups (broad SMARTS) is 1. The molecule has 2 aromatic rings. The molecule has 2 rings (SSSR count). The van der Waals surface area contributed by atoms with Crippen molar-refractivity contribution in [2.24, 2.45) is 0 Å². The Morgan fingerprint density at radius 2 is 1.56 bits per heavy atom. The number of hydrogen-bond donors (Lipinski definition) is 4. The monoisotopic (exact) mass is 246 g/mol. The second kappa shape index (κ2) is 4.29. The molecule has 5 heteroatoms. The van der Waals surface area contributed by atoms with Crippen LogP contribution in [-0.2, 0) is 0 Å². The Hall–Kier alpha value is -2.69. The number of benzene rings is 2. The summed E-state index contributed by atoms with van der Waals surface area (Å²) in [6.07, 6.45) is 0. The van der Waals surface area contributed by atoms with Gasteiger partial charge in [-0.15, -0.1) is 0 Å². The molecule has 0 saturated carbocycles. The van der Waals surface area contributed by atoms with Crippen LogP contribution in [0.2, 0.25) is 0 Å². The minimum Gasteiger partial charge on any atom is -0.506 e. The van der Waals surface area contributed by atoms with Crippen molar-refractivity contribution in [2.75, 3.05) is 0 Å². The SMILES string of the molecule is O=C(O)c1c(O)c(O)cc(-c2ccccc2)c1O. The molecule has 0 amide bonds. The lowest BCUT2D eigenvalue weighted by Gasteiger charge is -2.10. The number of phenols is 3. The Morgan fingerprint density at radius 3 is 2.11 bits per heavy atom. The predicted octanol–water partition coefficient (Wildman–Crippen LogP) is 2.17. The molecule has 0 heterocycles. The molecular formula is C13H10O5. The summed E-state index contributed by atoms with van der Waals surface area (Å²) in [5, 5.41) is 37.7. The topological polar surface area (TPSA) is 98.0 Å². The molecule has 0 radical (unpaired) electrons. The van der Waals surface area contributed by atoms with Gasteiger partial charge in [-0.25, -0.2) is 4.79 Å². The van der Waals surface area contributed by atoms with Gasteiger partial charge in [-0.2, -0.15) is 0 Å². The van der Waals surface area contributed by atoms with Gasteiger partial charge >= 0.3 is 5.97 Å². The van der Waals surface area contributed by atoms with Crippen molar-refractivity contribution in [1.82, 2.24) is 0 Å². The molecule has 0 aliphatic heterocycles. The summed E-state index contributed by atoms with van der Waals surface area (Å²) in [6.45, 7) is 0. The molecule has 2 aromatic carbocycles. The number of phenolic OH excluding ortho intramolecular Hbond substituents is 1. The fraction of sp³-hybridized carbons (Fsp3) is 0. The lowest BCUT2D eigenvalue weighted by molar-refractivity contribution is 0.0689. The van der Waals surface area contributed by atoms with Crippen LogP contribution in [0.3, 0.4) is 0 Å². The highest BCUT2D eigenvalue weighted by atomic mass is 16.4. The van der Waals surface area contributed by atoms with Gasteiger partial charge in [-0.05, 0) is 11.6 Å². The van der Waals surface area contributed by atoms with Gasteiger partial charge in [0.2, 0.25) is 0 Å². The van der Waals surface area contributed by atoms with Crippen molar-refractivity contribution in [3.63, 3.8) is 0 Å². The van der Waals surface area contributed by atoms with E-state index >= 15 is 0 Å². The maximum Gasteiger partial charge on any atom is 0.343 e. The summed E-state index contributed by atoms with van der Waals surface area (Å²) < 4.78 is 0. The van der Waals surface area contributed by atoms with Crippen molar-refractivity contribution >= 4 is 5.97 Å². The molecule has 5 nitrogen and oxygen atoms in total. The van der Waals surface area contributed by atoms with Crippen LogP contribution in [0.5, 0.6) is 17.2 Å². The quantitative estimate of drug-likeness (QED) is 0.481. The van der Waals surface area contributed by atoms with Crippen molar-refractivity contribution in [3.05, 3.63) is 42.0 Å². The zero-order valence-corrected chi connectivity index (χ0v) is 9.16. The minimum atomic E-state index is -1.52. The zero-order chi connectivity index (χ0) is 13.3. The first-order valence-corrected chi connectivity index (χ1v) is 5.09. The van der Waals surface area contributed by atoms with Crippen LogP contribution in [0.25, 0.3) is 11.1 Å². The second-order valence-corrected chi connectivity index (χ2v) is 3.69. The van der Waals surface area contributed by atoms with Crippen molar-refractivity contribution in [2.45, 2.75) is 0 Å².